The van der Waals surface area contributed by atoms with Gasteiger partial charge in [0.2, 0.25) is 0 Å². The minimum absolute atomic E-state index is 0.111. The molecule has 3 aromatic carbocycles. The molecular formula is C23H26N4O2. The maximum atomic E-state index is 5.81. The van der Waals surface area contributed by atoms with E-state index in [0.717, 1.165) is 35.9 Å². The lowest BCUT2D eigenvalue weighted by molar-refractivity contribution is 0.313. The van der Waals surface area contributed by atoms with Crippen LogP contribution in [0.3, 0.4) is 0 Å². The van der Waals surface area contributed by atoms with Gasteiger partial charge in [0.25, 0.3) is 0 Å². The summed E-state index contributed by atoms with van der Waals surface area (Å²) >= 11 is 0. The summed E-state index contributed by atoms with van der Waals surface area (Å²) in [4.78, 5) is 3.93. The van der Waals surface area contributed by atoms with E-state index in [0.29, 0.717) is 13.2 Å². The number of guanidine groups is 1. The van der Waals surface area contributed by atoms with Crippen LogP contribution in [0.4, 0.5) is 5.69 Å². The van der Waals surface area contributed by atoms with Gasteiger partial charge >= 0.3 is 0 Å². The molecule has 0 saturated heterocycles. The quantitative estimate of drug-likeness (QED) is 0.275. The molecule has 29 heavy (non-hydrogen) atoms. The molecule has 0 bridgehead atoms. The minimum atomic E-state index is 0.111. The first kappa shape index (κ1) is 20.1. The van der Waals surface area contributed by atoms with E-state index in [9.17, 15) is 0 Å². The summed E-state index contributed by atoms with van der Waals surface area (Å²) in [6, 6.07) is 25.7. The van der Waals surface area contributed by atoms with Gasteiger partial charge in [-0.2, -0.15) is 0 Å². The highest BCUT2D eigenvalue weighted by atomic mass is 16.5. The van der Waals surface area contributed by atoms with Crippen molar-refractivity contribution in [3.05, 3.63) is 84.4 Å². The number of hydrogen-bond donors (Lipinski definition) is 3. The smallest absolute Gasteiger partial charge is 0.185 e. The molecule has 0 amide bonds. The predicted octanol–water partition coefficient (Wildman–Crippen LogP) is 4.13. The van der Waals surface area contributed by atoms with Crippen LogP contribution < -0.4 is 26.3 Å². The fraction of sp³-hybridized carbons (Fsp3) is 0.174. The normalized spacial score (nSPS) is 10.2. The van der Waals surface area contributed by atoms with E-state index >= 15 is 0 Å². The molecule has 0 aliphatic heterocycles. The van der Waals surface area contributed by atoms with Crippen LogP contribution in [0.2, 0.25) is 0 Å². The van der Waals surface area contributed by atoms with Gasteiger partial charge in [-0.05, 0) is 54.1 Å². The van der Waals surface area contributed by atoms with E-state index in [-0.39, 0.29) is 5.96 Å². The average Bonchev–Trinajstić information content (AvgIpc) is 2.74. The number of para-hydroxylation sites is 1. The third-order valence-corrected chi connectivity index (χ3v) is 4.12. The molecule has 0 fully saturated rings. The topological polar surface area (TPSA) is 94.9 Å². The second-order valence-electron chi connectivity index (χ2n) is 6.45. The molecule has 0 radical (unpaired) electrons. The molecule has 0 saturated carbocycles. The second-order valence-corrected chi connectivity index (χ2v) is 6.45. The molecular weight excluding hydrogens is 364 g/mol. The molecule has 3 aromatic rings. The van der Waals surface area contributed by atoms with Gasteiger partial charge in [-0.25, -0.2) is 0 Å². The number of hydrogen-bond acceptors (Lipinski definition) is 4. The van der Waals surface area contributed by atoms with Crippen LogP contribution in [-0.4, -0.2) is 19.1 Å². The molecule has 5 N–H and O–H groups in total. The van der Waals surface area contributed by atoms with Crippen LogP contribution in [-0.2, 0) is 6.54 Å². The SMILES string of the molecule is NC(N)=NCCCOc1ccc(CNc2ccc(Oc3ccccc3)cc2)cc1. The molecule has 0 unspecified atom stereocenters. The van der Waals surface area contributed by atoms with Crippen molar-refractivity contribution < 1.29 is 9.47 Å². The number of nitrogens with one attached hydrogen (secondary N) is 1. The van der Waals surface area contributed by atoms with E-state index < -0.39 is 0 Å². The van der Waals surface area contributed by atoms with Crippen molar-refractivity contribution in [1.82, 2.24) is 0 Å². The maximum Gasteiger partial charge on any atom is 0.185 e. The molecule has 3 rings (SSSR count). The highest BCUT2D eigenvalue weighted by Gasteiger charge is 1.99. The van der Waals surface area contributed by atoms with E-state index in [1.165, 1.54) is 5.56 Å². The molecule has 0 spiro atoms. The standard InChI is InChI=1S/C23H26N4O2/c24-23(25)26-15-4-16-28-20-11-7-18(8-12-20)17-27-19-9-13-22(14-10-19)29-21-5-2-1-3-6-21/h1-3,5-14,27H,4,15-17H2,(H4,24,25,26). The van der Waals surface area contributed by atoms with Crippen molar-refractivity contribution >= 4 is 11.6 Å². The average molecular weight is 390 g/mol. The van der Waals surface area contributed by atoms with Crippen molar-refractivity contribution in [3.8, 4) is 17.2 Å². The summed E-state index contributed by atoms with van der Waals surface area (Å²) < 4.78 is 11.5. The van der Waals surface area contributed by atoms with Crippen molar-refractivity contribution in [2.45, 2.75) is 13.0 Å². The van der Waals surface area contributed by atoms with Crippen LogP contribution in [0, 0.1) is 0 Å². The number of nitrogens with zero attached hydrogens (tertiary/aromatic N) is 1. The Morgan fingerprint density at radius 3 is 2.14 bits per heavy atom. The van der Waals surface area contributed by atoms with Crippen LogP contribution >= 0.6 is 0 Å². The van der Waals surface area contributed by atoms with Gasteiger partial charge in [0, 0.05) is 25.2 Å². The van der Waals surface area contributed by atoms with E-state index in [1.807, 2.05) is 78.9 Å². The van der Waals surface area contributed by atoms with Gasteiger partial charge in [-0.1, -0.05) is 30.3 Å². The third-order valence-electron chi connectivity index (χ3n) is 4.12. The molecule has 6 heteroatoms. The van der Waals surface area contributed by atoms with Crippen molar-refractivity contribution in [2.24, 2.45) is 16.5 Å². The van der Waals surface area contributed by atoms with Crippen LogP contribution in [0.15, 0.2) is 83.9 Å². The number of benzene rings is 3. The van der Waals surface area contributed by atoms with Gasteiger partial charge in [0.1, 0.15) is 17.2 Å². The molecule has 0 aromatic heterocycles. The fourth-order valence-electron chi connectivity index (χ4n) is 2.64. The summed E-state index contributed by atoms with van der Waals surface area (Å²) in [6.07, 6.45) is 0.769. The maximum absolute atomic E-state index is 5.81. The third kappa shape index (κ3) is 7.10. The minimum Gasteiger partial charge on any atom is -0.494 e. The molecule has 0 atom stereocenters. The Kier molecular flexibility index (Phi) is 7.34. The summed E-state index contributed by atoms with van der Waals surface area (Å²) in [7, 11) is 0. The second kappa shape index (κ2) is 10.6. The highest BCUT2D eigenvalue weighted by Crippen LogP contribution is 2.23. The largest absolute Gasteiger partial charge is 0.494 e. The Morgan fingerprint density at radius 2 is 1.45 bits per heavy atom. The molecule has 150 valence electrons. The number of aliphatic imine (C=N–C) groups is 1. The van der Waals surface area contributed by atoms with E-state index in [2.05, 4.69) is 10.3 Å². The van der Waals surface area contributed by atoms with Crippen LogP contribution in [0.1, 0.15) is 12.0 Å². The van der Waals surface area contributed by atoms with E-state index in [4.69, 9.17) is 20.9 Å². The van der Waals surface area contributed by atoms with Crippen molar-refractivity contribution in [3.63, 3.8) is 0 Å². The van der Waals surface area contributed by atoms with Crippen molar-refractivity contribution in [1.29, 1.82) is 0 Å². The Balaban J connectivity index is 1.42. The lowest BCUT2D eigenvalue weighted by Crippen LogP contribution is -2.23. The molecule has 6 nitrogen and oxygen atoms in total. The summed E-state index contributed by atoms with van der Waals surface area (Å²) in [6.45, 7) is 1.87. The van der Waals surface area contributed by atoms with Gasteiger partial charge < -0.3 is 26.3 Å². The predicted molar refractivity (Wildman–Crippen MR) is 118 cm³/mol. The molecule has 0 aliphatic rings. The lowest BCUT2D eigenvalue weighted by atomic mass is 10.2. The zero-order chi connectivity index (χ0) is 20.3. The number of ether oxygens (including phenoxy) is 2. The zero-order valence-electron chi connectivity index (χ0n) is 16.3. The number of rotatable bonds is 10. The van der Waals surface area contributed by atoms with Crippen LogP contribution in [0.5, 0.6) is 17.2 Å². The zero-order valence-corrected chi connectivity index (χ0v) is 16.3. The number of anilines is 1. The molecule has 0 aliphatic carbocycles. The van der Waals surface area contributed by atoms with Crippen molar-refractivity contribution in [2.75, 3.05) is 18.5 Å². The Hall–Kier alpha value is -3.67. The first-order valence-corrected chi connectivity index (χ1v) is 9.53. The van der Waals surface area contributed by atoms with Crippen LogP contribution in [0.25, 0.3) is 0 Å². The van der Waals surface area contributed by atoms with Gasteiger partial charge in [-0.3, -0.25) is 4.99 Å². The monoisotopic (exact) mass is 390 g/mol. The summed E-state index contributed by atoms with van der Waals surface area (Å²) in [5.41, 5.74) is 12.8. The first-order valence-electron chi connectivity index (χ1n) is 9.53. The Labute approximate surface area is 171 Å². The highest BCUT2D eigenvalue weighted by molar-refractivity contribution is 5.75. The first-order chi connectivity index (χ1) is 14.2. The van der Waals surface area contributed by atoms with E-state index in [1.54, 1.807) is 0 Å². The Morgan fingerprint density at radius 1 is 0.793 bits per heavy atom. The van der Waals surface area contributed by atoms with Gasteiger partial charge in [-0.15, -0.1) is 0 Å². The lowest BCUT2D eigenvalue weighted by Gasteiger charge is -2.10. The molecule has 0 heterocycles. The fourth-order valence-corrected chi connectivity index (χ4v) is 2.64. The number of nitrogens with two attached hydrogens (primary N) is 2. The van der Waals surface area contributed by atoms with Gasteiger partial charge in [0.15, 0.2) is 5.96 Å². The summed E-state index contributed by atoms with van der Waals surface area (Å²) in [5, 5.41) is 3.41. The van der Waals surface area contributed by atoms with Gasteiger partial charge in [0.05, 0.1) is 6.61 Å². The Bertz CT molecular complexity index is 890. The summed E-state index contributed by atoms with van der Waals surface area (Å²) in [5.74, 6) is 2.58.